The predicted octanol–water partition coefficient (Wildman–Crippen LogP) is 1.10. The van der Waals surface area contributed by atoms with Crippen molar-refractivity contribution in [2.24, 2.45) is 10.8 Å². The summed E-state index contributed by atoms with van der Waals surface area (Å²) in [5, 5.41) is 8.23. The molecular weight excluding hydrogens is 246 g/mol. The highest BCUT2D eigenvalue weighted by molar-refractivity contribution is 7.80. The van der Waals surface area contributed by atoms with E-state index in [9.17, 15) is 0 Å². The monoisotopic (exact) mass is 259 g/mol. The zero-order valence-corrected chi connectivity index (χ0v) is 10.5. The quantitative estimate of drug-likeness (QED) is 0.490. The summed E-state index contributed by atoms with van der Waals surface area (Å²) in [6.45, 7) is 0.734. The SMILES string of the molecule is NC(=S)NN=Cc1cccc(Cn2cccn2)c1. The van der Waals surface area contributed by atoms with E-state index in [0.29, 0.717) is 0 Å². The zero-order chi connectivity index (χ0) is 12.8. The predicted molar refractivity (Wildman–Crippen MR) is 75.3 cm³/mol. The van der Waals surface area contributed by atoms with Crippen LogP contribution in [0.2, 0.25) is 0 Å². The molecule has 0 spiro atoms. The highest BCUT2D eigenvalue weighted by atomic mass is 32.1. The van der Waals surface area contributed by atoms with Gasteiger partial charge in [0.15, 0.2) is 5.11 Å². The van der Waals surface area contributed by atoms with E-state index < -0.39 is 0 Å². The zero-order valence-electron chi connectivity index (χ0n) is 9.65. The molecule has 0 saturated carbocycles. The minimum atomic E-state index is 0.152. The molecule has 0 bridgehead atoms. The first-order chi connectivity index (χ1) is 8.74. The Kier molecular flexibility index (Phi) is 4.03. The lowest BCUT2D eigenvalue weighted by molar-refractivity contribution is 0.687. The van der Waals surface area contributed by atoms with Crippen molar-refractivity contribution in [2.45, 2.75) is 6.54 Å². The number of rotatable bonds is 4. The summed E-state index contributed by atoms with van der Waals surface area (Å²) >= 11 is 4.65. The molecule has 0 aliphatic heterocycles. The molecule has 6 heteroatoms. The Morgan fingerprint density at radius 1 is 1.50 bits per heavy atom. The van der Waals surface area contributed by atoms with Gasteiger partial charge in [-0.2, -0.15) is 10.2 Å². The summed E-state index contributed by atoms with van der Waals surface area (Å²) in [5.74, 6) is 0. The Balaban J connectivity index is 2.05. The van der Waals surface area contributed by atoms with Crippen LogP contribution in [0.3, 0.4) is 0 Å². The topological polar surface area (TPSA) is 68.2 Å². The molecule has 1 aromatic carbocycles. The van der Waals surface area contributed by atoms with E-state index in [4.69, 9.17) is 5.73 Å². The number of thiocarbonyl (C=S) groups is 1. The fourth-order valence-corrected chi connectivity index (χ4v) is 1.58. The van der Waals surface area contributed by atoms with Crippen molar-refractivity contribution < 1.29 is 0 Å². The molecule has 3 N–H and O–H groups in total. The average molecular weight is 259 g/mol. The Morgan fingerprint density at radius 3 is 3.11 bits per heavy atom. The van der Waals surface area contributed by atoms with Gasteiger partial charge < -0.3 is 5.73 Å². The Hall–Kier alpha value is -2.21. The Labute approximate surface area is 110 Å². The number of nitrogens with two attached hydrogens (primary N) is 1. The van der Waals surface area contributed by atoms with Crippen LogP contribution in [0.4, 0.5) is 0 Å². The van der Waals surface area contributed by atoms with Gasteiger partial charge in [0.25, 0.3) is 0 Å². The van der Waals surface area contributed by atoms with E-state index in [-0.39, 0.29) is 5.11 Å². The number of hydrogen-bond donors (Lipinski definition) is 2. The van der Waals surface area contributed by atoms with Crippen molar-refractivity contribution in [1.29, 1.82) is 0 Å². The minimum absolute atomic E-state index is 0.152. The lowest BCUT2D eigenvalue weighted by Gasteiger charge is -2.03. The molecular formula is C12H13N5S. The van der Waals surface area contributed by atoms with Crippen LogP contribution in [0.25, 0.3) is 0 Å². The molecule has 0 aliphatic rings. The maximum atomic E-state index is 5.27. The molecule has 1 aromatic heterocycles. The van der Waals surface area contributed by atoms with Gasteiger partial charge in [-0.05, 0) is 35.5 Å². The second-order valence-electron chi connectivity index (χ2n) is 3.68. The third-order valence-electron chi connectivity index (χ3n) is 2.24. The largest absolute Gasteiger partial charge is 0.375 e. The summed E-state index contributed by atoms with van der Waals surface area (Å²) in [7, 11) is 0. The van der Waals surface area contributed by atoms with Crippen molar-refractivity contribution >= 4 is 23.5 Å². The van der Waals surface area contributed by atoms with Crippen molar-refractivity contribution in [3.8, 4) is 0 Å². The number of aromatic nitrogens is 2. The molecule has 92 valence electrons. The van der Waals surface area contributed by atoms with Crippen molar-refractivity contribution in [3.05, 3.63) is 53.9 Å². The van der Waals surface area contributed by atoms with Crippen LogP contribution >= 0.6 is 12.2 Å². The Bertz CT molecular complexity index is 547. The molecule has 0 fully saturated rings. The van der Waals surface area contributed by atoms with E-state index in [1.165, 1.54) is 0 Å². The molecule has 0 atom stereocenters. The van der Waals surface area contributed by atoms with Gasteiger partial charge >= 0.3 is 0 Å². The molecule has 0 unspecified atom stereocenters. The number of nitrogens with one attached hydrogen (secondary N) is 1. The number of hydrogen-bond acceptors (Lipinski definition) is 3. The van der Waals surface area contributed by atoms with Gasteiger partial charge in [-0.25, -0.2) is 0 Å². The first-order valence-corrected chi connectivity index (χ1v) is 5.80. The van der Waals surface area contributed by atoms with Gasteiger partial charge in [0, 0.05) is 12.4 Å². The molecule has 1 heterocycles. The molecule has 18 heavy (non-hydrogen) atoms. The van der Waals surface area contributed by atoms with E-state index in [0.717, 1.165) is 17.7 Å². The number of hydrazone groups is 1. The van der Waals surface area contributed by atoms with E-state index in [1.807, 2.05) is 41.2 Å². The van der Waals surface area contributed by atoms with Crippen molar-refractivity contribution in [1.82, 2.24) is 15.2 Å². The van der Waals surface area contributed by atoms with E-state index in [1.54, 1.807) is 12.4 Å². The van der Waals surface area contributed by atoms with Gasteiger partial charge in [0.05, 0.1) is 12.8 Å². The van der Waals surface area contributed by atoms with Crippen LogP contribution in [-0.2, 0) is 6.54 Å². The lowest BCUT2D eigenvalue weighted by Crippen LogP contribution is -2.23. The molecule has 0 aliphatic carbocycles. The summed E-state index contributed by atoms with van der Waals surface area (Å²) in [5.41, 5.74) is 9.92. The smallest absolute Gasteiger partial charge is 0.184 e. The average Bonchev–Trinajstić information content (AvgIpc) is 2.82. The fraction of sp³-hybridized carbons (Fsp3) is 0.0833. The maximum Gasteiger partial charge on any atom is 0.184 e. The summed E-state index contributed by atoms with van der Waals surface area (Å²) in [4.78, 5) is 0. The molecule has 2 aromatic rings. The molecule has 0 saturated heterocycles. The molecule has 0 amide bonds. The number of benzene rings is 1. The summed E-state index contributed by atoms with van der Waals surface area (Å²) in [6, 6.07) is 9.90. The second kappa shape index (κ2) is 5.92. The normalized spacial score (nSPS) is 10.7. The third kappa shape index (κ3) is 3.67. The minimum Gasteiger partial charge on any atom is -0.375 e. The lowest BCUT2D eigenvalue weighted by atomic mass is 10.1. The van der Waals surface area contributed by atoms with Crippen LogP contribution in [0.1, 0.15) is 11.1 Å². The highest BCUT2D eigenvalue weighted by Crippen LogP contribution is 2.05. The first kappa shape index (κ1) is 12.3. The van der Waals surface area contributed by atoms with E-state index in [2.05, 4.69) is 27.8 Å². The van der Waals surface area contributed by atoms with Gasteiger partial charge in [0.2, 0.25) is 0 Å². The van der Waals surface area contributed by atoms with Crippen molar-refractivity contribution in [3.63, 3.8) is 0 Å². The molecule has 0 radical (unpaired) electrons. The third-order valence-corrected chi connectivity index (χ3v) is 2.33. The van der Waals surface area contributed by atoms with Gasteiger partial charge in [-0.1, -0.05) is 18.2 Å². The standard InChI is InChI=1S/C12H13N5S/c13-12(18)16-14-8-10-3-1-4-11(7-10)9-17-6-2-5-15-17/h1-8H,9H2,(H3,13,16,18). The van der Waals surface area contributed by atoms with Crippen LogP contribution < -0.4 is 11.2 Å². The fourth-order valence-electron chi connectivity index (χ4n) is 1.52. The van der Waals surface area contributed by atoms with Crippen LogP contribution in [-0.4, -0.2) is 21.1 Å². The summed E-state index contributed by atoms with van der Waals surface area (Å²) < 4.78 is 1.86. The van der Waals surface area contributed by atoms with Crippen molar-refractivity contribution in [2.75, 3.05) is 0 Å². The van der Waals surface area contributed by atoms with Crippen LogP contribution in [0.15, 0.2) is 47.8 Å². The highest BCUT2D eigenvalue weighted by Gasteiger charge is 1.96. The molecule has 5 nitrogen and oxygen atoms in total. The van der Waals surface area contributed by atoms with Gasteiger partial charge in [-0.15, -0.1) is 0 Å². The number of nitrogens with zero attached hydrogens (tertiary/aromatic N) is 3. The Morgan fingerprint density at radius 2 is 2.39 bits per heavy atom. The second-order valence-corrected chi connectivity index (χ2v) is 4.12. The van der Waals surface area contributed by atoms with Crippen LogP contribution in [0.5, 0.6) is 0 Å². The van der Waals surface area contributed by atoms with Crippen LogP contribution in [0, 0.1) is 0 Å². The maximum absolute atomic E-state index is 5.27. The van der Waals surface area contributed by atoms with Gasteiger partial charge in [-0.3, -0.25) is 10.1 Å². The van der Waals surface area contributed by atoms with E-state index >= 15 is 0 Å². The first-order valence-electron chi connectivity index (χ1n) is 5.39. The van der Waals surface area contributed by atoms with Gasteiger partial charge in [0.1, 0.15) is 0 Å². The summed E-state index contributed by atoms with van der Waals surface area (Å²) in [6.07, 6.45) is 5.36. The molecule has 2 rings (SSSR count).